The van der Waals surface area contributed by atoms with Crippen LogP contribution in [-0.2, 0) is 26.0 Å². The first kappa shape index (κ1) is 20.4. The molecule has 8 heteroatoms. The molecule has 1 aromatic carbocycles. The molecule has 0 bridgehead atoms. The number of nitrogens with zero attached hydrogens (tertiary/aromatic N) is 1. The molecule has 0 radical (unpaired) electrons. The number of aliphatic hydroxyl groups excluding tert-OH is 1. The van der Waals surface area contributed by atoms with Crippen molar-refractivity contribution in [1.82, 2.24) is 4.90 Å². The molecular formula is C18H25NO6S. The number of esters is 1. The van der Waals surface area contributed by atoms with Gasteiger partial charge in [-0.05, 0) is 37.5 Å². The van der Waals surface area contributed by atoms with Crippen LogP contribution >= 0.6 is 0 Å². The van der Waals surface area contributed by atoms with Gasteiger partial charge < -0.3 is 14.7 Å². The van der Waals surface area contributed by atoms with Gasteiger partial charge in [0.05, 0.1) is 23.7 Å². The molecule has 7 nitrogen and oxygen atoms in total. The fraction of sp³-hybridized carbons (Fsp3) is 0.556. The van der Waals surface area contributed by atoms with E-state index < -0.39 is 22.4 Å². The summed E-state index contributed by atoms with van der Waals surface area (Å²) in [5.74, 6) is -0.984. The first-order chi connectivity index (χ1) is 12.3. The summed E-state index contributed by atoms with van der Waals surface area (Å²) in [6, 6.07) is 5.75. The number of sulfone groups is 1. The van der Waals surface area contributed by atoms with E-state index in [0.717, 1.165) is 0 Å². The first-order valence-corrected chi connectivity index (χ1v) is 10.5. The second kappa shape index (κ2) is 8.64. The maximum atomic E-state index is 12.6. The summed E-state index contributed by atoms with van der Waals surface area (Å²) in [4.78, 5) is 26.2. The van der Waals surface area contributed by atoms with E-state index in [0.29, 0.717) is 18.4 Å². The van der Waals surface area contributed by atoms with E-state index in [1.165, 1.54) is 12.1 Å². The molecule has 144 valence electrons. The van der Waals surface area contributed by atoms with E-state index in [1.807, 2.05) is 13.8 Å². The normalized spacial score (nSPS) is 19.7. The topological polar surface area (TPSA) is 101 Å². The Kier molecular flexibility index (Phi) is 6.77. The van der Waals surface area contributed by atoms with E-state index in [-0.39, 0.29) is 41.7 Å². The smallest absolute Gasteiger partial charge is 0.338 e. The highest BCUT2D eigenvalue weighted by atomic mass is 32.2. The molecule has 2 rings (SSSR count). The van der Waals surface area contributed by atoms with Crippen LogP contribution < -0.4 is 0 Å². The van der Waals surface area contributed by atoms with Crippen LogP contribution in [0.2, 0.25) is 0 Å². The van der Waals surface area contributed by atoms with E-state index in [9.17, 15) is 18.0 Å². The summed E-state index contributed by atoms with van der Waals surface area (Å²) in [6.45, 7) is 3.23. The lowest BCUT2D eigenvalue weighted by atomic mass is 10.1. The number of aliphatic hydroxyl groups is 1. The van der Waals surface area contributed by atoms with Gasteiger partial charge in [-0.15, -0.1) is 0 Å². The number of amides is 1. The Labute approximate surface area is 153 Å². The average Bonchev–Trinajstić information content (AvgIpc) is 2.99. The lowest BCUT2D eigenvalue weighted by molar-refractivity contribution is -0.138. The summed E-state index contributed by atoms with van der Waals surface area (Å²) in [7, 11) is -3.12. The van der Waals surface area contributed by atoms with Crippen LogP contribution in [0.1, 0.15) is 42.6 Å². The number of carbonyl (C=O) groups is 2. The van der Waals surface area contributed by atoms with Crippen LogP contribution in [-0.4, -0.2) is 60.5 Å². The Morgan fingerprint density at radius 2 is 1.96 bits per heavy atom. The van der Waals surface area contributed by atoms with Crippen molar-refractivity contribution < 1.29 is 27.9 Å². The fourth-order valence-corrected chi connectivity index (χ4v) is 4.74. The van der Waals surface area contributed by atoms with Crippen molar-refractivity contribution in [1.29, 1.82) is 0 Å². The summed E-state index contributed by atoms with van der Waals surface area (Å²) < 4.78 is 28.6. The molecule has 1 fully saturated rings. The maximum Gasteiger partial charge on any atom is 0.338 e. The molecule has 1 aromatic rings. The van der Waals surface area contributed by atoms with Crippen molar-refractivity contribution in [2.45, 2.75) is 45.4 Å². The zero-order valence-electron chi connectivity index (χ0n) is 15.1. The molecule has 1 saturated heterocycles. The monoisotopic (exact) mass is 383 g/mol. The van der Waals surface area contributed by atoms with Crippen LogP contribution in [0.5, 0.6) is 0 Å². The number of rotatable bonds is 7. The van der Waals surface area contributed by atoms with Crippen LogP contribution in [0.4, 0.5) is 0 Å². The first-order valence-electron chi connectivity index (χ1n) is 8.66. The highest BCUT2D eigenvalue weighted by Crippen LogP contribution is 2.21. The molecule has 0 saturated carbocycles. The summed E-state index contributed by atoms with van der Waals surface area (Å²) in [6.07, 6.45) is 1.09. The Morgan fingerprint density at radius 1 is 1.31 bits per heavy atom. The van der Waals surface area contributed by atoms with E-state index in [4.69, 9.17) is 9.84 Å². The number of benzene rings is 1. The van der Waals surface area contributed by atoms with Gasteiger partial charge in [0.25, 0.3) is 5.91 Å². The Morgan fingerprint density at radius 3 is 2.46 bits per heavy atom. The second-order valence-electron chi connectivity index (χ2n) is 6.55. The van der Waals surface area contributed by atoms with E-state index >= 15 is 0 Å². The average molecular weight is 383 g/mol. The van der Waals surface area contributed by atoms with Crippen LogP contribution in [0.25, 0.3) is 0 Å². The number of hydrogen-bond acceptors (Lipinski definition) is 6. The van der Waals surface area contributed by atoms with Crippen molar-refractivity contribution >= 4 is 21.7 Å². The quantitative estimate of drug-likeness (QED) is 0.709. The molecule has 1 aliphatic rings. The van der Waals surface area contributed by atoms with Gasteiger partial charge in [0, 0.05) is 12.1 Å². The third-order valence-electron chi connectivity index (χ3n) is 4.65. The highest BCUT2D eigenvalue weighted by molar-refractivity contribution is 7.91. The number of carbonyl (C=O) groups excluding carboxylic acids is 2. The van der Waals surface area contributed by atoms with Crippen LogP contribution in [0.15, 0.2) is 24.3 Å². The second-order valence-corrected chi connectivity index (χ2v) is 8.78. The predicted octanol–water partition coefficient (Wildman–Crippen LogP) is 1.15. The molecule has 26 heavy (non-hydrogen) atoms. The van der Waals surface area contributed by atoms with Crippen molar-refractivity contribution in [2.24, 2.45) is 0 Å². The van der Waals surface area contributed by atoms with Gasteiger partial charge in [0.1, 0.15) is 0 Å². The molecule has 1 N–H and O–H groups in total. The Balaban J connectivity index is 2.01. The molecule has 0 unspecified atom stereocenters. The standard InChI is InChI=1S/C18H25NO6S/c1-3-13(2)19(16-8-9-26(23,24)12-16)17(21)11-25-18(22)15-6-4-14(10-20)5-7-15/h4-7,13,16,20H,3,8-12H2,1-2H3/t13-,16+/m0/s1. The molecule has 0 aliphatic carbocycles. The van der Waals surface area contributed by atoms with Gasteiger partial charge in [-0.2, -0.15) is 0 Å². The van der Waals surface area contributed by atoms with E-state index in [1.54, 1.807) is 17.0 Å². The maximum absolute atomic E-state index is 12.6. The number of hydrogen-bond donors (Lipinski definition) is 1. The highest BCUT2D eigenvalue weighted by Gasteiger charge is 2.36. The van der Waals surface area contributed by atoms with Crippen LogP contribution in [0, 0.1) is 0 Å². The van der Waals surface area contributed by atoms with Crippen molar-refractivity contribution in [3.05, 3.63) is 35.4 Å². The van der Waals surface area contributed by atoms with Crippen LogP contribution in [0.3, 0.4) is 0 Å². The SMILES string of the molecule is CC[C@H](C)N(C(=O)COC(=O)c1ccc(CO)cc1)[C@@H]1CCS(=O)(=O)C1. The number of ether oxygens (including phenoxy) is 1. The lowest BCUT2D eigenvalue weighted by Gasteiger charge is -2.33. The van der Waals surface area contributed by atoms with Gasteiger partial charge in [-0.25, -0.2) is 13.2 Å². The van der Waals surface area contributed by atoms with Crippen molar-refractivity contribution in [2.75, 3.05) is 18.1 Å². The van der Waals surface area contributed by atoms with Gasteiger partial charge in [0.15, 0.2) is 16.4 Å². The zero-order valence-corrected chi connectivity index (χ0v) is 15.9. The van der Waals surface area contributed by atoms with Gasteiger partial charge in [-0.1, -0.05) is 19.1 Å². The predicted molar refractivity (Wildman–Crippen MR) is 96.3 cm³/mol. The van der Waals surface area contributed by atoms with Gasteiger partial charge in [0.2, 0.25) is 0 Å². The van der Waals surface area contributed by atoms with Crippen molar-refractivity contribution in [3.8, 4) is 0 Å². The largest absolute Gasteiger partial charge is 0.452 e. The fourth-order valence-electron chi connectivity index (χ4n) is 3.03. The molecular weight excluding hydrogens is 358 g/mol. The molecule has 1 amide bonds. The van der Waals surface area contributed by atoms with Gasteiger partial charge >= 0.3 is 5.97 Å². The molecule has 2 atom stereocenters. The molecule has 0 aromatic heterocycles. The third-order valence-corrected chi connectivity index (χ3v) is 6.40. The Bertz CT molecular complexity index is 743. The van der Waals surface area contributed by atoms with Crippen molar-refractivity contribution in [3.63, 3.8) is 0 Å². The minimum atomic E-state index is -3.12. The molecule has 1 aliphatic heterocycles. The van der Waals surface area contributed by atoms with E-state index in [2.05, 4.69) is 0 Å². The molecule has 0 spiro atoms. The van der Waals surface area contributed by atoms with Gasteiger partial charge in [-0.3, -0.25) is 4.79 Å². The lowest BCUT2D eigenvalue weighted by Crippen LogP contribution is -2.48. The third kappa shape index (κ3) is 5.04. The zero-order chi connectivity index (χ0) is 19.3. The summed E-state index contributed by atoms with van der Waals surface area (Å²) >= 11 is 0. The minimum Gasteiger partial charge on any atom is -0.452 e. The summed E-state index contributed by atoms with van der Waals surface area (Å²) in [5.41, 5.74) is 0.955. The summed E-state index contributed by atoms with van der Waals surface area (Å²) in [5, 5.41) is 9.01. The Hall–Kier alpha value is -1.93. The minimum absolute atomic E-state index is 0.0420. The molecule has 1 heterocycles.